The predicted octanol–water partition coefficient (Wildman–Crippen LogP) is 6.21. The molecule has 0 saturated heterocycles. The highest BCUT2D eigenvalue weighted by atomic mass is 32.1. The van der Waals surface area contributed by atoms with Gasteiger partial charge in [-0.05, 0) is 43.2 Å². The highest BCUT2D eigenvalue weighted by Gasteiger charge is 2.31. The predicted molar refractivity (Wildman–Crippen MR) is 202 cm³/mol. The second-order valence-electron chi connectivity index (χ2n) is 13.4. The highest BCUT2D eigenvalue weighted by Crippen LogP contribution is 2.20. The molecule has 4 aromatic rings. The molecule has 2 unspecified atom stereocenters. The molecular formula is C38H50N6O5S2. The van der Waals surface area contributed by atoms with Gasteiger partial charge in [0.05, 0.1) is 39.3 Å². The van der Waals surface area contributed by atoms with Crippen LogP contribution in [0.4, 0.5) is 9.59 Å². The molecule has 11 nitrogen and oxygen atoms in total. The van der Waals surface area contributed by atoms with E-state index in [1.165, 1.54) is 16.2 Å². The summed E-state index contributed by atoms with van der Waals surface area (Å²) in [4.78, 5) is 51.3. The first-order valence-corrected chi connectivity index (χ1v) is 18.9. The van der Waals surface area contributed by atoms with Gasteiger partial charge in [0.1, 0.15) is 12.6 Å². The summed E-state index contributed by atoms with van der Waals surface area (Å²) in [5.74, 6) is -0.351. The fourth-order valence-electron chi connectivity index (χ4n) is 5.54. The van der Waals surface area contributed by atoms with Gasteiger partial charge in [-0.15, -0.1) is 22.7 Å². The number of aryl methyl sites for hydroxylation is 1. The van der Waals surface area contributed by atoms with Crippen LogP contribution in [0.5, 0.6) is 0 Å². The van der Waals surface area contributed by atoms with Crippen molar-refractivity contribution in [2.75, 3.05) is 7.05 Å². The van der Waals surface area contributed by atoms with Gasteiger partial charge in [-0.1, -0.05) is 88.4 Å². The molecule has 4 rings (SSSR count). The number of alkyl carbamates (subject to hydrolysis) is 1. The third-order valence-corrected chi connectivity index (χ3v) is 10.4. The lowest BCUT2D eigenvalue weighted by Gasteiger charge is -2.31. The zero-order valence-corrected chi connectivity index (χ0v) is 31.8. The number of amides is 4. The van der Waals surface area contributed by atoms with Crippen LogP contribution in [0.15, 0.2) is 72.2 Å². The third kappa shape index (κ3) is 12.7. The fourth-order valence-corrected chi connectivity index (χ4v) is 7.08. The van der Waals surface area contributed by atoms with Crippen LogP contribution in [0, 0.1) is 12.8 Å². The molecule has 0 aliphatic rings. The standard InChI is InChI=1S/C38H50N6O5S2/c1-24(2)34(43-37(47)44(6)21-30-23-50-36(40-30)25(3)4)35(46)42-32(18-28-15-11-8-12-16-28)33(45)19-29(17-27-13-9-7-10-14-27)41-38(48)49-22-31-20-39-26(5)51-31/h7-16,20,23-25,29,32-34,45H,17-19,21-22H2,1-6H3,(H,41,48)(H,42,46)(H,43,47)/t29?,32-,33?,34-/m0/s1. The van der Waals surface area contributed by atoms with E-state index in [1.807, 2.05) is 86.8 Å². The second kappa shape index (κ2) is 19.3. The normalized spacial score (nSPS) is 13.7. The fraction of sp³-hybridized carbons (Fsp3) is 0.447. The van der Waals surface area contributed by atoms with Crippen molar-refractivity contribution in [2.24, 2.45) is 5.92 Å². The number of aliphatic hydroxyl groups is 1. The van der Waals surface area contributed by atoms with Crippen molar-refractivity contribution in [3.8, 4) is 0 Å². The highest BCUT2D eigenvalue weighted by molar-refractivity contribution is 7.11. The summed E-state index contributed by atoms with van der Waals surface area (Å²) >= 11 is 3.02. The molecule has 13 heteroatoms. The largest absolute Gasteiger partial charge is 0.444 e. The Bertz CT molecular complexity index is 1680. The van der Waals surface area contributed by atoms with Gasteiger partial charge in [-0.25, -0.2) is 19.6 Å². The van der Waals surface area contributed by atoms with Crippen molar-refractivity contribution in [1.29, 1.82) is 0 Å². The lowest BCUT2D eigenvalue weighted by Crippen LogP contribution is -2.57. The molecule has 0 saturated carbocycles. The number of carbonyl (C=O) groups is 3. The van der Waals surface area contributed by atoms with Gasteiger partial charge in [0.25, 0.3) is 0 Å². The Morgan fingerprint density at radius 2 is 1.57 bits per heavy atom. The summed E-state index contributed by atoms with van der Waals surface area (Å²) < 4.78 is 5.50. The van der Waals surface area contributed by atoms with Crippen LogP contribution >= 0.6 is 22.7 Å². The minimum absolute atomic E-state index is 0.0882. The Morgan fingerprint density at radius 1 is 0.922 bits per heavy atom. The van der Waals surface area contributed by atoms with Crippen molar-refractivity contribution in [1.82, 2.24) is 30.8 Å². The van der Waals surface area contributed by atoms with Crippen LogP contribution in [0.1, 0.15) is 71.7 Å². The van der Waals surface area contributed by atoms with E-state index < -0.39 is 42.3 Å². The number of benzene rings is 2. The number of hydrogen-bond donors (Lipinski definition) is 4. The van der Waals surface area contributed by atoms with E-state index >= 15 is 0 Å². The first-order chi connectivity index (χ1) is 24.4. The minimum Gasteiger partial charge on any atom is -0.444 e. The molecule has 2 aromatic heterocycles. The first-order valence-electron chi connectivity index (χ1n) is 17.2. The van der Waals surface area contributed by atoms with Crippen molar-refractivity contribution >= 4 is 40.7 Å². The number of ether oxygens (including phenoxy) is 1. The topological polar surface area (TPSA) is 146 Å². The summed E-state index contributed by atoms with van der Waals surface area (Å²) in [7, 11) is 1.67. The molecule has 0 radical (unpaired) electrons. The number of carbonyl (C=O) groups excluding carboxylic acids is 3. The van der Waals surface area contributed by atoms with E-state index in [0.717, 1.165) is 31.7 Å². The SMILES string of the molecule is Cc1ncc(COC(=O)NC(Cc2ccccc2)CC(O)[C@H](Cc2ccccc2)NC(=O)[C@@H](NC(=O)N(C)Cc2csc(C(C)C)n2)C(C)C)s1. The summed E-state index contributed by atoms with van der Waals surface area (Å²) in [6, 6.07) is 16.8. The Morgan fingerprint density at radius 3 is 2.14 bits per heavy atom. The lowest BCUT2D eigenvalue weighted by atomic mass is 9.93. The second-order valence-corrected chi connectivity index (χ2v) is 15.6. The smallest absolute Gasteiger partial charge is 0.407 e. The number of hydrogen-bond acceptors (Lipinski definition) is 9. The molecule has 0 fully saturated rings. The van der Waals surface area contributed by atoms with Crippen molar-refractivity contribution in [3.63, 3.8) is 0 Å². The number of urea groups is 1. The molecule has 274 valence electrons. The molecule has 0 aliphatic heterocycles. The summed E-state index contributed by atoms with van der Waals surface area (Å²) in [5, 5.41) is 24.5. The van der Waals surface area contributed by atoms with Crippen molar-refractivity contribution < 1.29 is 24.2 Å². The molecule has 0 bridgehead atoms. The van der Waals surface area contributed by atoms with Crippen LogP contribution in [0.3, 0.4) is 0 Å². The van der Waals surface area contributed by atoms with E-state index in [4.69, 9.17) is 4.74 Å². The average molecular weight is 735 g/mol. The van der Waals surface area contributed by atoms with E-state index in [1.54, 1.807) is 24.6 Å². The van der Waals surface area contributed by atoms with Gasteiger partial charge < -0.3 is 30.7 Å². The molecule has 4 atom stereocenters. The zero-order chi connectivity index (χ0) is 36.9. The molecule has 4 amide bonds. The minimum atomic E-state index is -1.06. The monoisotopic (exact) mass is 734 g/mol. The summed E-state index contributed by atoms with van der Waals surface area (Å²) in [6.07, 6.45) is 0.925. The average Bonchev–Trinajstić information content (AvgIpc) is 3.75. The number of nitrogens with zero attached hydrogens (tertiary/aromatic N) is 3. The lowest BCUT2D eigenvalue weighted by molar-refractivity contribution is -0.125. The van der Waals surface area contributed by atoms with E-state index in [9.17, 15) is 19.5 Å². The molecule has 2 heterocycles. The molecule has 0 spiro atoms. The number of nitrogens with one attached hydrogen (secondary N) is 3. The molecule has 2 aromatic carbocycles. The Balaban J connectivity index is 1.47. The van der Waals surface area contributed by atoms with Crippen LogP contribution < -0.4 is 16.0 Å². The Hall–Kier alpha value is -4.33. The van der Waals surface area contributed by atoms with Gasteiger partial charge >= 0.3 is 12.1 Å². The van der Waals surface area contributed by atoms with Crippen molar-refractivity contribution in [3.05, 3.63) is 104 Å². The maximum Gasteiger partial charge on any atom is 0.407 e. The first kappa shape index (κ1) is 39.5. The van der Waals surface area contributed by atoms with E-state index in [0.29, 0.717) is 25.3 Å². The molecule has 51 heavy (non-hydrogen) atoms. The Kier molecular flexibility index (Phi) is 15.0. The van der Waals surface area contributed by atoms with Crippen LogP contribution in [0.25, 0.3) is 0 Å². The number of aliphatic hydroxyl groups excluding tert-OH is 1. The third-order valence-electron chi connectivity index (χ3n) is 8.32. The van der Waals surface area contributed by atoms with Gasteiger partial charge in [-0.2, -0.15) is 0 Å². The molecular weight excluding hydrogens is 685 g/mol. The summed E-state index contributed by atoms with van der Waals surface area (Å²) in [6.45, 7) is 10.2. The summed E-state index contributed by atoms with van der Waals surface area (Å²) in [5.41, 5.74) is 2.68. The number of aromatic nitrogens is 2. The molecule has 4 N–H and O–H groups in total. The Labute approximate surface area is 308 Å². The van der Waals surface area contributed by atoms with Crippen LogP contribution in [0.2, 0.25) is 0 Å². The maximum absolute atomic E-state index is 13.9. The number of thiazole rings is 2. The molecule has 0 aliphatic carbocycles. The maximum atomic E-state index is 13.9. The quantitative estimate of drug-likeness (QED) is 0.101. The van der Waals surface area contributed by atoms with Crippen LogP contribution in [-0.2, 0) is 35.5 Å². The van der Waals surface area contributed by atoms with Crippen LogP contribution in [-0.4, -0.2) is 69.3 Å². The van der Waals surface area contributed by atoms with Gasteiger partial charge in [0.2, 0.25) is 5.91 Å². The zero-order valence-electron chi connectivity index (χ0n) is 30.2. The van der Waals surface area contributed by atoms with E-state index in [2.05, 4.69) is 39.8 Å². The van der Waals surface area contributed by atoms with Crippen molar-refractivity contribution in [2.45, 2.75) is 97.2 Å². The van der Waals surface area contributed by atoms with Gasteiger partial charge in [0.15, 0.2) is 0 Å². The van der Waals surface area contributed by atoms with E-state index in [-0.39, 0.29) is 18.9 Å². The number of rotatable bonds is 17. The van der Waals surface area contributed by atoms with Gasteiger partial charge in [-0.3, -0.25) is 4.79 Å². The van der Waals surface area contributed by atoms with Gasteiger partial charge in [0, 0.05) is 30.6 Å².